The molecule has 7 nitrogen and oxygen atoms in total. The van der Waals surface area contributed by atoms with Gasteiger partial charge in [-0.15, -0.1) is 0 Å². The molecule has 0 radical (unpaired) electrons. The Bertz CT molecular complexity index is 1090. The monoisotopic (exact) mass is 527 g/mol. The van der Waals surface area contributed by atoms with E-state index >= 15 is 0 Å². The van der Waals surface area contributed by atoms with E-state index in [1.165, 1.54) is 23.1 Å². The van der Waals surface area contributed by atoms with Gasteiger partial charge in [0.05, 0.1) is 22.0 Å². The lowest BCUT2D eigenvalue weighted by molar-refractivity contribution is -0.140. The summed E-state index contributed by atoms with van der Waals surface area (Å²) in [4.78, 5) is 28.0. The predicted octanol–water partition coefficient (Wildman–Crippen LogP) is 4.34. The Hall–Kier alpha value is -2.29. The van der Waals surface area contributed by atoms with Gasteiger partial charge in [0.1, 0.15) is 12.6 Å². The van der Waals surface area contributed by atoms with Gasteiger partial charge in [-0.05, 0) is 36.1 Å². The van der Waals surface area contributed by atoms with Crippen LogP contribution in [0.5, 0.6) is 0 Å². The highest BCUT2D eigenvalue weighted by Crippen LogP contribution is 2.28. The SMILES string of the molecule is CC[C@H](C(=O)NCC(C)C)N(Cc1ccccc1)C(=O)CN(c1ccc(Cl)c(Cl)c1)S(C)(=O)=O. The van der Waals surface area contributed by atoms with Crippen molar-refractivity contribution < 1.29 is 18.0 Å². The molecule has 186 valence electrons. The van der Waals surface area contributed by atoms with Crippen LogP contribution in [-0.4, -0.2) is 50.5 Å². The van der Waals surface area contributed by atoms with E-state index in [0.29, 0.717) is 13.0 Å². The summed E-state index contributed by atoms with van der Waals surface area (Å²) in [6.45, 7) is 5.92. The van der Waals surface area contributed by atoms with Crippen molar-refractivity contribution in [2.24, 2.45) is 5.92 Å². The second-order valence-electron chi connectivity index (χ2n) is 8.44. The zero-order valence-electron chi connectivity index (χ0n) is 19.8. The Balaban J connectivity index is 2.41. The fraction of sp³-hybridized carbons (Fsp3) is 0.417. The number of carbonyl (C=O) groups is 2. The van der Waals surface area contributed by atoms with Gasteiger partial charge in [0.25, 0.3) is 0 Å². The van der Waals surface area contributed by atoms with Crippen LogP contribution < -0.4 is 9.62 Å². The quantitative estimate of drug-likeness (QED) is 0.470. The molecule has 0 fully saturated rings. The van der Waals surface area contributed by atoms with Crippen LogP contribution in [-0.2, 0) is 26.2 Å². The molecule has 0 heterocycles. The first-order valence-corrected chi connectivity index (χ1v) is 13.6. The molecule has 0 aliphatic carbocycles. The molecule has 1 atom stereocenters. The van der Waals surface area contributed by atoms with Crippen LogP contribution in [0, 0.1) is 5.92 Å². The average Bonchev–Trinajstić information content (AvgIpc) is 2.77. The highest BCUT2D eigenvalue weighted by Gasteiger charge is 2.31. The zero-order valence-corrected chi connectivity index (χ0v) is 22.1. The van der Waals surface area contributed by atoms with Crippen LogP contribution in [0.1, 0.15) is 32.8 Å². The molecule has 34 heavy (non-hydrogen) atoms. The van der Waals surface area contributed by atoms with Crippen molar-refractivity contribution >= 4 is 50.7 Å². The number of hydrogen-bond acceptors (Lipinski definition) is 4. The van der Waals surface area contributed by atoms with Crippen LogP contribution in [0.25, 0.3) is 0 Å². The lowest BCUT2D eigenvalue weighted by Gasteiger charge is -2.33. The third-order valence-electron chi connectivity index (χ3n) is 5.14. The first kappa shape index (κ1) is 28.0. The molecular formula is C24H31Cl2N3O4S. The van der Waals surface area contributed by atoms with Gasteiger partial charge in [-0.1, -0.05) is 74.3 Å². The summed E-state index contributed by atoms with van der Waals surface area (Å²) in [5.74, 6) is -0.539. The van der Waals surface area contributed by atoms with E-state index in [9.17, 15) is 18.0 Å². The number of hydrogen-bond donors (Lipinski definition) is 1. The molecule has 0 aromatic heterocycles. The van der Waals surface area contributed by atoms with Gasteiger partial charge in [0.2, 0.25) is 21.8 Å². The number of amides is 2. The van der Waals surface area contributed by atoms with Crippen molar-refractivity contribution in [3.63, 3.8) is 0 Å². The molecule has 0 aliphatic heterocycles. The van der Waals surface area contributed by atoms with Crippen LogP contribution in [0.3, 0.4) is 0 Å². The standard InChI is InChI=1S/C24H31Cl2N3O4S/c1-5-22(24(31)27-14-17(2)3)28(15-18-9-7-6-8-10-18)23(30)16-29(34(4,32)33)19-11-12-20(25)21(26)13-19/h6-13,17,22H,5,14-16H2,1-4H3,(H,27,31)/t22-/m1/s1. The smallest absolute Gasteiger partial charge is 0.244 e. The second-order valence-corrected chi connectivity index (χ2v) is 11.2. The predicted molar refractivity (Wildman–Crippen MR) is 138 cm³/mol. The van der Waals surface area contributed by atoms with Gasteiger partial charge in [-0.3, -0.25) is 13.9 Å². The number of nitrogens with zero attached hydrogens (tertiary/aromatic N) is 2. The van der Waals surface area contributed by atoms with Crippen molar-refractivity contribution in [2.75, 3.05) is 23.7 Å². The summed E-state index contributed by atoms with van der Waals surface area (Å²) in [5.41, 5.74) is 1.04. The molecule has 2 aromatic carbocycles. The van der Waals surface area contributed by atoms with Gasteiger partial charge in [0.15, 0.2) is 0 Å². The zero-order chi connectivity index (χ0) is 25.5. The molecule has 2 aromatic rings. The molecule has 0 bridgehead atoms. The summed E-state index contributed by atoms with van der Waals surface area (Å²) in [7, 11) is -3.84. The number of nitrogens with one attached hydrogen (secondary N) is 1. The lowest BCUT2D eigenvalue weighted by Crippen LogP contribution is -2.52. The van der Waals surface area contributed by atoms with Gasteiger partial charge < -0.3 is 10.2 Å². The largest absolute Gasteiger partial charge is 0.354 e. The van der Waals surface area contributed by atoms with E-state index in [0.717, 1.165) is 16.1 Å². The summed E-state index contributed by atoms with van der Waals surface area (Å²) >= 11 is 12.1. The van der Waals surface area contributed by atoms with E-state index < -0.39 is 28.5 Å². The molecule has 0 saturated carbocycles. The highest BCUT2D eigenvalue weighted by molar-refractivity contribution is 7.92. The van der Waals surface area contributed by atoms with Crippen LogP contribution in [0.2, 0.25) is 10.0 Å². The lowest BCUT2D eigenvalue weighted by atomic mass is 10.1. The Kier molecular flexibility index (Phi) is 10.2. The topological polar surface area (TPSA) is 86.8 Å². The molecule has 10 heteroatoms. The minimum Gasteiger partial charge on any atom is -0.354 e. The second kappa shape index (κ2) is 12.4. The maximum atomic E-state index is 13.6. The van der Waals surface area contributed by atoms with Crippen molar-refractivity contribution in [3.05, 3.63) is 64.1 Å². The fourth-order valence-corrected chi connectivity index (χ4v) is 4.51. The molecule has 1 N–H and O–H groups in total. The average molecular weight is 529 g/mol. The number of anilines is 1. The number of carbonyl (C=O) groups excluding carboxylic acids is 2. The van der Waals surface area contributed by atoms with Crippen LogP contribution in [0.4, 0.5) is 5.69 Å². The fourth-order valence-electron chi connectivity index (χ4n) is 3.38. The van der Waals surface area contributed by atoms with Crippen molar-refractivity contribution in [1.29, 1.82) is 0 Å². The Morgan fingerprint density at radius 1 is 1.03 bits per heavy atom. The van der Waals surface area contributed by atoms with Gasteiger partial charge in [-0.25, -0.2) is 8.42 Å². The van der Waals surface area contributed by atoms with Crippen LogP contribution >= 0.6 is 23.2 Å². The Labute approximate surface area is 212 Å². The third kappa shape index (κ3) is 7.89. The summed E-state index contributed by atoms with van der Waals surface area (Å²) in [5, 5.41) is 3.32. The van der Waals surface area contributed by atoms with Crippen molar-refractivity contribution in [1.82, 2.24) is 10.2 Å². The van der Waals surface area contributed by atoms with Crippen LogP contribution in [0.15, 0.2) is 48.5 Å². The van der Waals surface area contributed by atoms with Crippen molar-refractivity contribution in [3.8, 4) is 0 Å². The molecule has 2 amide bonds. The Morgan fingerprint density at radius 2 is 1.68 bits per heavy atom. The number of benzene rings is 2. The number of halogens is 2. The van der Waals surface area contributed by atoms with E-state index in [1.54, 1.807) is 0 Å². The minimum absolute atomic E-state index is 0.159. The molecular weight excluding hydrogens is 497 g/mol. The highest BCUT2D eigenvalue weighted by atomic mass is 35.5. The van der Waals surface area contributed by atoms with E-state index in [2.05, 4.69) is 5.32 Å². The summed E-state index contributed by atoms with van der Waals surface area (Å²) < 4.78 is 26.2. The van der Waals surface area contributed by atoms with Gasteiger partial charge in [0, 0.05) is 13.1 Å². The van der Waals surface area contributed by atoms with Gasteiger partial charge in [-0.2, -0.15) is 0 Å². The van der Waals surface area contributed by atoms with Gasteiger partial charge >= 0.3 is 0 Å². The van der Waals surface area contributed by atoms with E-state index in [1.807, 2.05) is 51.1 Å². The first-order chi connectivity index (χ1) is 15.9. The third-order valence-corrected chi connectivity index (χ3v) is 7.02. The summed E-state index contributed by atoms with van der Waals surface area (Å²) in [6.07, 6.45) is 1.38. The normalized spacial score (nSPS) is 12.3. The van der Waals surface area contributed by atoms with E-state index in [4.69, 9.17) is 23.2 Å². The maximum Gasteiger partial charge on any atom is 0.244 e. The molecule has 0 aliphatic rings. The first-order valence-electron chi connectivity index (χ1n) is 11.0. The summed E-state index contributed by atoms with van der Waals surface area (Å²) in [6, 6.07) is 12.8. The maximum absolute atomic E-state index is 13.6. The Morgan fingerprint density at radius 3 is 2.21 bits per heavy atom. The molecule has 2 rings (SSSR count). The molecule has 0 spiro atoms. The molecule has 0 unspecified atom stereocenters. The van der Waals surface area contributed by atoms with E-state index in [-0.39, 0.29) is 34.1 Å². The number of rotatable bonds is 11. The molecule has 0 saturated heterocycles. The number of sulfonamides is 1. The minimum atomic E-state index is -3.84. The van der Waals surface area contributed by atoms with Crippen molar-refractivity contribution in [2.45, 2.75) is 39.8 Å².